The monoisotopic (exact) mass is 334 g/mol. The van der Waals surface area contributed by atoms with Crippen molar-refractivity contribution in [3.05, 3.63) is 48.2 Å². The van der Waals surface area contributed by atoms with Gasteiger partial charge in [-0.1, -0.05) is 0 Å². The van der Waals surface area contributed by atoms with Crippen LogP contribution in [0.15, 0.2) is 36.8 Å². The molecule has 0 saturated heterocycles. The highest BCUT2D eigenvalue weighted by atomic mass is 19.4. The molecule has 0 aromatic carbocycles. The Hall–Kier alpha value is -2.68. The van der Waals surface area contributed by atoms with Crippen LogP contribution in [-0.4, -0.2) is 30.9 Å². The molecular formula is C15H13F3N6. The first kappa shape index (κ1) is 14.9. The summed E-state index contributed by atoms with van der Waals surface area (Å²) in [5.74, 6) is 0.568. The summed E-state index contributed by atoms with van der Waals surface area (Å²) in [6.45, 7) is 2.36. The van der Waals surface area contributed by atoms with Crippen molar-refractivity contribution in [2.75, 3.05) is 6.54 Å². The van der Waals surface area contributed by atoms with E-state index >= 15 is 0 Å². The van der Waals surface area contributed by atoms with Crippen molar-refractivity contribution in [3.63, 3.8) is 0 Å². The molecule has 0 radical (unpaired) electrons. The Bertz CT molecular complexity index is 839. The van der Waals surface area contributed by atoms with Crippen LogP contribution in [-0.2, 0) is 19.3 Å². The van der Waals surface area contributed by atoms with Gasteiger partial charge in [0.15, 0.2) is 5.82 Å². The fourth-order valence-electron chi connectivity index (χ4n) is 2.70. The zero-order chi connectivity index (χ0) is 16.7. The summed E-state index contributed by atoms with van der Waals surface area (Å²) in [6, 6.07) is 4.27. The number of aromatic nitrogens is 5. The quantitative estimate of drug-likeness (QED) is 0.781. The molecule has 4 rings (SSSR count). The van der Waals surface area contributed by atoms with Crippen molar-refractivity contribution < 1.29 is 13.2 Å². The molecule has 6 nitrogen and oxygen atoms in total. The number of alkyl halides is 3. The minimum absolute atomic E-state index is 0.500. The van der Waals surface area contributed by atoms with E-state index in [4.69, 9.17) is 0 Å². The molecule has 0 fully saturated rings. The summed E-state index contributed by atoms with van der Waals surface area (Å²) in [4.78, 5) is 7.79. The van der Waals surface area contributed by atoms with Gasteiger partial charge in [0.25, 0.3) is 0 Å². The Morgan fingerprint density at radius 1 is 1.17 bits per heavy atom. The lowest BCUT2D eigenvalue weighted by molar-refractivity contribution is -0.141. The van der Waals surface area contributed by atoms with Crippen LogP contribution in [0.2, 0.25) is 0 Å². The molecule has 1 aliphatic heterocycles. The molecule has 0 bridgehead atoms. The summed E-state index contributed by atoms with van der Waals surface area (Å²) < 4.78 is 41.5. The van der Waals surface area contributed by atoms with Crippen molar-refractivity contribution >= 4 is 0 Å². The van der Waals surface area contributed by atoms with Gasteiger partial charge in [-0.25, -0.2) is 9.97 Å². The van der Waals surface area contributed by atoms with Crippen LogP contribution in [0.3, 0.4) is 0 Å². The van der Waals surface area contributed by atoms with E-state index in [1.807, 2.05) is 10.7 Å². The standard InChI is InChI=1S/C15H13F3N6/c16-15(17,18)13-2-1-10(9-21-13)23-5-4-20-14(23)12-7-11-8-19-3-6-24(11)22-12/h1-2,4-5,7,9,19H,3,6,8H2. The molecule has 24 heavy (non-hydrogen) atoms. The van der Waals surface area contributed by atoms with Crippen LogP contribution >= 0.6 is 0 Å². The normalized spacial score (nSPS) is 14.6. The van der Waals surface area contributed by atoms with Crippen LogP contribution < -0.4 is 5.32 Å². The molecule has 0 unspecified atom stereocenters. The maximum absolute atomic E-state index is 12.6. The van der Waals surface area contributed by atoms with Gasteiger partial charge in [0.1, 0.15) is 11.4 Å². The summed E-state index contributed by atoms with van der Waals surface area (Å²) in [7, 11) is 0. The summed E-state index contributed by atoms with van der Waals surface area (Å²) in [6.07, 6.45) is -0.00242. The first-order valence-corrected chi connectivity index (χ1v) is 7.37. The van der Waals surface area contributed by atoms with E-state index in [-0.39, 0.29) is 0 Å². The number of hydrogen-bond acceptors (Lipinski definition) is 4. The largest absolute Gasteiger partial charge is 0.433 e. The lowest BCUT2D eigenvalue weighted by atomic mass is 10.3. The molecule has 9 heteroatoms. The highest BCUT2D eigenvalue weighted by Crippen LogP contribution is 2.28. The fraction of sp³-hybridized carbons (Fsp3) is 0.267. The minimum Gasteiger partial charge on any atom is -0.309 e. The predicted molar refractivity (Wildman–Crippen MR) is 79.3 cm³/mol. The van der Waals surface area contributed by atoms with Gasteiger partial charge in [-0.2, -0.15) is 18.3 Å². The Morgan fingerprint density at radius 2 is 2.04 bits per heavy atom. The number of nitrogens with one attached hydrogen (secondary N) is 1. The fourth-order valence-corrected chi connectivity index (χ4v) is 2.70. The number of nitrogens with zero attached hydrogens (tertiary/aromatic N) is 5. The second kappa shape index (κ2) is 5.45. The molecule has 3 aromatic heterocycles. The van der Waals surface area contributed by atoms with Gasteiger partial charge in [0, 0.05) is 25.5 Å². The van der Waals surface area contributed by atoms with Crippen LogP contribution in [0.5, 0.6) is 0 Å². The van der Waals surface area contributed by atoms with E-state index in [1.165, 1.54) is 12.3 Å². The number of rotatable bonds is 2. The second-order valence-electron chi connectivity index (χ2n) is 5.44. The summed E-state index contributed by atoms with van der Waals surface area (Å²) in [5, 5.41) is 7.79. The van der Waals surface area contributed by atoms with Crippen molar-refractivity contribution in [1.82, 2.24) is 29.6 Å². The van der Waals surface area contributed by atoms with Crippen molar-refractivity contribution in [2.24, 2.45) is 0 Å². The van der Waals surface area contributed by atoms with Crippen molar-refractivity contribution in [3.8, 4) is 17.2 Å². The van der Waals surface area contributed by atoms with E-state index in [9.17, 15) is 13.2 Å². The van der Waals surface area contributed by atoms with Crippen LogP contribution in [0.1, 0.15) is 11.4 Å². The molecule has 0 atom stereocenters. The predicted octanol–water partition coefficient (Wildman–Crippen LogP) is 2.25. The number of pyridine rings is 1. The third kappa shape index (κ3) is 2.56. The lowest BCUT2D eigenvalue weighted by Crippen LogP contribution is -2.28. The Labute approximate surface area is 135 Å². The SMILES string of the molecule is FC(F)(F)c1ccc(-n2ccnc2-c2cc3n(n2)CCNC3)cn1. The second-order valence-corrected chi connectivity index (χ2v) is 5.44. The molecule has 4 heterocycles. The zero-order valence-electron chi connectivity index (χ0n) is 12.5. The first-order chi connectivity index (χ1) is 11.5. The van der Waals surface area contributed by atoms with E-state index in [2.05, 4.69) is 20.4 Å². The number of fused-ring (bicyclic) bond motifs is 1. The van der Waals surface area contributed by atoms with Gasteiger partial charge in [-0.05, 0) is 18.2 Å². The molecule has 0 amide bonds. The van der Waals surface area contributed by atoms with Gasteiger partial charge >= 0.3 is 6.18 Å². The van der Waals surface area contributed by atoms with Crippen LogP contribution in [0.4, 0.5) is 13.2 Å². The molecule has 0 aliphatic carbocycles. The number of imidazole rings is 1. The molecular weight excluding hydrogens is 321 g/mol. The molecule has 1 N–H and O–H groups in total. The van der Waals surface area contributed by atoms with E-state index in [0.29, 0.717) is 17.2 Å². The first-order valence-electron chi connectivity index (χ1n) is 7.37. The lowest BCUT2D eigenvalue weighted by Gasteiger charge is -2.13. The minimum atomic E-state index is -4.45. The zero-order valence-corrected chi connectivity index (χ0v) is 12.5. The smallest absolute Gasteiger partial charge is 0.309 e. The van der Waals surface area contributed by atoms with Crippen LogP contribution in [0, 0.1) is 0 Å². The molecule has 0 saturated carbocycles. The van der Waals surface area contributed by atoms with E-state index in [0.717, 1.165) is 31.4 Å². The van der Waals surface area contributed by atoms with Crippen molar-refractivity contribution in [2.45, 2.75) is 19.3 Å². The maximum atomic E-state index is 12.6. The average molecular weight is 334 g/mol. The molecule has 0 spiro atoms. The summed E-state index contributed by atoms with van der Waals surface area (Å²) in [5.41, 5.74) is 1.31. The van der Waals surface area contributed by atoms with E-state index in [1.54, 1.807) is 17.0 Å². The van der Waals surface area contributed by atoms with Gasteiger partial charge < -0.3 is 5.32 Å². The maximum Gasteiger partial charge on any atom is 0.433 e. The van der Waals surface area contributed by atoms with Crippen LogP contribution in [0.25, 0.3) is 17.2 Å². The number of halogens is 3. The molecule has 124 valence electrons. The average Bonchev–Trinajstić information content (AvgIpc) is 3.20. The highest BCUT2D eigenvalue weighted by Gasteiger charge is 2.32. The Morgan fingerprint density at radius 3 is 2.75 bits per heavy atom. The van der Waals surface area contributed by atoms with Gasteiger partial charge in [0.2, 0.25) is 0 Å². The highest BCUT2D eigenvalue weighted by molar-refractivity contribution is 5.54. The van der Waals surface area contributed by atoms with Gasteiger partial charge in [-0.15, -0.1) is 0 Å². The summed E-state index contributed by atoms with van der Waals surface area (Å²) >= 11 is 0. The topological polar surface area (TPSA) is 60.6 Å². The molecule has 1 aliphatic rings. The Kier molecular flexibility index (Phi) is 3.38. The Balaban J connectivity index is 1.71. The number of hydrogen-bond donors (Lipinski definition) is 1. The third-order valence-electron chi connectivity index (χ3n) is 3.86. The van der Waals surface area contributed by atoms with Crippen molar-refractivity contribution in [1.29, 1.82) is 0 Å². The molecule has 3 aromatic rings. The van der Waals surface area contributed by atoms with Gasteiger partial charge in [0.05, 0.1) is 24.1 Å². The van der Waals surface area contributed by atoms with E-state index < -0.39 is 11.9 Å². The van der Waals surface area contributed by atoms with Gasteiger partial charge in [-0.3, -0.25) is 9.25 Å². The third-order valence-corrected chi connectivity index (χ3v) is 3.86.